The van der Waals surface area contributed by atoms with E-state index in [0.717, 1.165) is 4.88 Å². The standard InChI is InChI=1S/C14H13Cl2NO2S/c15-10-6-9(7-11(16)8-10)14(19)17-4-3-12(18)13-2-1-5-20-13/h1-2,5-8,12,18H,3-4H2,(H,17,19). The molecule has 0 saturated carbocycles. The third-order valence-corrected chi connectivity index (χ3v) is 4.11. The van der Waals surface area contributed by atoms with Crippen LogP contribution in [0.5, 0.6) is 0 Å². The van der Waals surface area contributed by atoms with Gasteiger partial charge in [-0.15, -0.1) is 11.3 Å². The van der Waals surface area contributed by atoms with Gasteiger partial charge in [-0.05, 0) is 36.1 Å². The summed E-state index contributed by atoms with van der Waals surface area (Å²) < 4.78 is 0. The summed E-state index contributed by atoms with van der Waals surface area (Å²) in [5.74, 6) is -0.257. The van der Waals surface area contributed by atoms with Gasteiger partial charge in [0.2, 0.25) is 0 Å². The molecule has 1 aromatic carbocycles. The van der Waals surface area contributed by atoms with E-state index >= 15 is 0 Å². The molecule has 0 radical (unpaired) electrons. The SMILES string of the molecule is O=C(NCCC(O)c1cccs1)c1cc(Cl)cc(Cl)c1. The van der Waals surface area contributed by atoms with Gasteiger partial charge in [0.05, 0.1) is 6.10 Å². The van der Waals surface area contributed by atoms with Crippen LogP contribution in [-0.4, -0.2) is 17.6 Å². The molecular weight excluding hydrogens is 317 g/mol. The number of benzene rings is 1. The number of rotatable bonds is 5. The quantitative estimate of drug-likeness (QED) is 0.873. The zero-order valence-corrected chi connectivity index (χ0v) is 12.8. The minimum atomic E-state index is -0.557. The molecule has 2 N–H and O–H groups in total. The van der Waals surface area contributed by atoms with E-state index in [-0.39, 0.29) is 5.91 Å². The molecule has 1 atom stereocenters. The van der Waals surface area contributed by atoms with Gasteiger partial charge in [0, 0.05) is 27.0 Å². The van der Waals surface area contributed by atoms with E-state index in [1.54, 1.807) is 18.2 Å². The Labute approximate surface area is 131 Å². The van der Waals surface area contributed by atoms with Crippen LogP contribution in [0.1, 0.15) is 27.8 Å². The van der Waals surface area contributed by atoms with Gasteiger partial charge in [0.1, 0.15) is 0 Å². The molecule has 106 valence electrons. The normalized spacial score (nSPS) is 12.2. The molecule has 1 heterocycles. The highest BCUT2D eigenvalue weighted by atomic mass is 35.5. The van der Waals surface area contributed by atoms with Gasteiger partial charge in [0.15, 0.2) is 0 Å². The number of nitrogens with one attached hydrogen (secondary N) is 1. The third kappa shape index (κ3) is 4.21. The van der Waals surface area contributed by atoms with Crippen LogP contribution in [0.15, 0.2) is 35.7 Å². The van der Waals surface area contributed by atoms with Gasteiger partial charge < -0.3 is 10.4 Å². The Morgan fingerprint density at radius 1 is 1.30 bits per heavy atom. The predicted octanol–water partition coefficient (Wildman–Crippen LogP) is 3.91. The van der Waals surface area contributed by atoms with E-state index in [0.29, 0.717) is 28.6 Å². The van der Waals surface area contributed by atoms with Gasteiger partial charge in [0.25, 0.3) is 5.91 Å². The third-order valence-electron chi connectivity index (χ3n) is 2.70. The van der Waals surface area contributed by atoms with Crippen molar-refractivity contribution in [3.8, 4) is 0 Å². The molecule has 20 heavy (non-hydrogen) atoms. The Morgan fingerprint density at radius 2 is 2.00 bits per heavy atom. The average Bonchev–Trinajstić information content (AvgIpc) is 2.91. The maximum Gasteiger partial charge on any atom is 0.251 e. The Kier molecular flexibility index (Phi) is 5.43. The van der Waals surface area contributed by atoms with Gasteiger partial charge >= 0.3 is 0 Å². The molecule has 2 rings (SSSR count). The first-order valence-corrected chi connectivity index (χ1v) is 7.65. The van der Waals surface area contributed by atoms with Crippen LogP contribution in [0.25, 0.3) is 0 Å². The van der Waals surface area contributed by atoms with E-state index < -0.39 is 6.10 Å². The molecule has 1 aromatic heterocycles. The summed E-state index contributed by atoms with van der Waals surface area (Å²) in [4.78, 5) is 12.8. The summed E-state index contributed by atoms with van der Waals surface area (Å²) in [6, 6.07) is 8.43. The van der Waals surface area contributed by atoms with Crippen molar-refractivity contribution in [1.29, 1.82) is 0 Å². The van der Waals surface area contributed by atoms with Crippen LogP contribution in [0.2, 0.25) is 10.0 Å². The number of aliphatic hydroxyl groups excluding tert-OH is 1. The molecule has 1 amide bonds. The highest BCUT2D eigenvalue weighted by molar-refractivity contribution is 7.10. The highest BCUT2D eigenvalue weighted by Crippen LogP contribution is 2.21. The van der Waals surface area contributed by atoms with Gasteiger partial charge in [-0.2, -0.15) is 0 Å². The van der Waals surface area contributed by atoms with E-state index in [1.807, 2.05) is 17.5 Å². The first-order chi connectivity index (χ1) is 9.56. The van der Waals surface area contributed by atoms with Crippen LogP contribution < -0.4 is 5.32 Å². The number of hydrogen-bond acceptors (Lipinski definition) is 3. The van der Waals surface area contributed by atoms with Crippen LogP contribution >= 0.6 is 34.5 Å². The summed E-state index contributed by atoms with van der Waals surface area (Å²) >= 11 is 13.2. The van der Waals surface area contributed by atoms with Crippen molar-refractivity contribution in [3.05, 3.63) is 56.2 Å². The fraction of sp³-hybridized carbons (Fsp3) is 0.214. The lowest BCUT2D eigenvalue weighted by Gasteiger charge is -2.10. The monoisotopic (exact) mass is 329 g/mol. The molecule has 3 nitrogen and oxygen atoms in total. The lowest BCUT2D eigenvalue weighted by Crippen LogP contribution is -2.25. The predicted molar refractivity (Wildman–Crippen MR) is 82.7 cm³/mol. The molecule has 0 spiro atoms. The zero-order valence-electron chi connectivity index (χ0n) is 10.5. The molecule has 0 aliphatic heterocycles. The van der Waals surface area contributed by atoms with Crippen molar-refractivity contribution < 1.29 is 9.90 Å². The van der Waals surface area contributed by atoms with Gasteiger partial charge in [-0.3, -0.25) is 4.79 Å². The Hall–Kier alpha value is -1.07. The zero-order chi connectivity index (χ0) is 14.5. The van der Waals surface area contributed by atoms with Crippen LogP contribution in [-0.2, 0) is 0 Å². The maximum absolute atomic E-state index is 11.9. The fourth-order valence-electron chi connectivity index (χ4n) is 1.73. The molecule has 1 unspecified atom stereocenters. The molecular formula is C14H13Cl2NO2S. The average molecular weight is 330 g/mol. The number of aliphatic hydroxyl groups is 1. The molecule has 6 heteroatoms. The number of carbonyl (C=O) groups excluding carboxylic acids is 1. The van der Waals surface area contributed by atoms with Crippen molar-refractivity contribution in [3.63, 3.8) is 0 Å². The Bertz CT molecular complexity index is 567. The number of hydrogen-bond donors (Lipinski definition) is 2. The molecule has 0 bridgehead atoms. The second-order valence-corrected chi connectivity index (χ2v) is 6.09. The highest BCUT2D eigenvalue weighted by Gasteiger charge is 2.11. The Morgan fingerprint density at radius 3 is 2.60 bits per heavy atom. The van der Waals surface area contributed by atoms with Crippen LogP contribution in [0.4, 0.5) is 0 Å². The first-order valence-electron chi connectivity index (χ1n) is 6.02. The number of amides is 1. The van der Waals surface area contributed by atoms with E-state index in [2.05, 4.69) is 5.32 Å². The Balaban J connectivity index is 1.86. The van der Waals surface area contributed by atoms with Gasteiger partial charge in [-0.25, -0.2) is 0 Å². The molecule has 0 aliphatic carbocycles. The van der Waals surface area contributed by atoms with E-state index in [9.17, 15) is 9.90 Å². The maximum atomic E-state index is 11.9. The molecule has 0 aliphatic rings. The second-order valence-electron chi connectivity index (χ2n) is 4.23. The largest absolute Gasteiger partial charge is 0.388 e. The van der Waals surface area contributed by atoms with Crippen molar-refractivity contribution >= 4 is 40.4 Å². The molecule has 2 aromatic rings. The fourth-order valence-corrected chi connectivity index (χ4v) is 3.00. The minimum absolute atomic E-state index is 0.257. The lowest BCUT2D eigenvalue weighted by molar-refractivity contribution is 0.0943. The van der Waals surface area contributed by atoms with Crippen LogP contribution in [0, 0.1) is 0 Å². The van der Waals surface area contributed by atoms with Crippen LogP contribution in [0.3, 0.4) is 0 Å². The number of carbonyl (C=O) groups is 1. The summed E-state index contributed by atoms with van der Waals surface area (Å²) in [6.45, 7) is 0.377. The summed E-state index contributed by atoms with van der Waals surface area (Å²) in [7, 11) is 0. The summed E-state index contributed by atoms with van der Waals surface area (Å²) in [5, 5.41) is 15.4. The van der Waals surface area contributed by atoms with Crippen molar-refractivity contribution in [2.45, 2.75) is 12.5 Å². The second kappa shape index (κ2) is 7.09. The smallest absolute Gasteiger partial charge is 0.251 e. The van der Waals surface area contributed by atoms with Crippen molar-refractivity contribution in [2.75, 3.05) is 6.54 Å². The summed E-state index contributed by atoms with van der Waals surface area (Å²) in [5.41, 5.74) is 0.410. The molecule has 0 fully saturated rings. The first kappa shape index (κ1) is 15.3. The van der Waals surface area contributed by atoms with Gasteiger partial charge in [-0.1, -0.05) is 29.3 Å². The number of thiophene rings is 1. The summed E-state index contributed by atoms with van der Waals surface area (Å²) in [6.07, 6.45) is -0.0983. The van der Waals surface area contributed by atoms with E-state index in [4.69, 9.17) is 23.2 Å². The number of halogens is 2. The van der Waals surface area contributed by atoms with E-state index in [1.165, 1.54) is 11.3 Å². The lowest BCUT2D eigenvalue weighted by atomic mass is 10.2. The topological polar surface area (TPSA) is 49.3 Å². The molecule has 0 saturated heterocycles. The van der Waals surface area contributed by atoms with Crippen molar-refractivity contribution in [1.82, 2.24) is 5.32 Å². The van der Waals surface area contributed by atoms with Crippen molar-refractivity contribution in [2.24, 2.45) is 0 Å². The minimum Gasteiger partial charge on any atom is -0.388 e.